The van der Waals surface area contributed by atoms with Gasteiger partial charge in [0, 0.05) is 6.54 Å². The summed E-state index contributed by atoms with van der Waals surface area (Å²) >= 11 is 0. The van der Waals surface area contributed by atoms with Gasteiger partial charge in [-0.05, 0) is 5.56 Å². The number of hydrogen-bond donors (Lipinski definition) is 3. The van der Waals surface area contributed by atoms with Gasteiger partial charge in [0.05, 0.1) is 12.5 Å². The molecule has 0 fully saturated rings. The maximum absolute atomic E-state index is 11.6. The largest absolute Gasteiger partial charge is 0.353 e. The first kappa shape index (κ1) is 13.8. The lowest BCUT2D eigenvalue weighted by atomic mass is 10.0. The van der Waals surface area contributed by atoms with Crippen molar-refractivity contribution in [3.05, 3.63) is 48.6 Å². The number of rotatable bonds is 6. The Morgan fingerprint density at radius 1 is 1.33 bits per heavy atom. The Hall–Kier alpha value is -2.30. The first-order chi connectivity index (χ1) is 8.63. The fraction of sp³-hybridized carbons (Fsp3) is 0.231. The van der Waals surface area contributed by atoms with Gasteiger partial charge in [0.2, 0.25) is 5.91 Å². The van der Waals surface area contributed by atoms with E-state index in [-0.39, 0.29) is 12.3 Å². The fourth-order valence-electron chi connectivity index (χ4n) is 1.55. The smallest absolute Gasteiger partial charge is 0.312 e. The molecular formula is C13H17N3O2. The molecule has 18 heavy (non-hydrogen) atoms. The van der Waals surface area contributed by atoms with E-state index in [2.05, 4.69) is 17.2 Å². The third kappa shape index (κ3) is 4.69. The highest BCUT2D eigenvalue weighted by Crippen LogP contribution is 2.15. The van der Waals surface area contributed by atoms with Crippen molar-refractivity contribution in [1.82, 2.24) is 10.6 Å². The summed E-state index contributed by atoms with van der Waals surface area (Å²) in [6.45, 7) is 3.91. The molecule has 0 aromatic heterocycles. The van der Waals surface area contributed by atoms with Crippen LogP contribution in [-0.4, -0.2) is 18.5 Å². The molecule has 4 N–H and O–H groups in total. The van der Waals surface area contributed by atoms with Gasteiger partial charge >= 0.3 is 6.03 Å². The molecule has 0 aliphatic rings. The van der Waals surface area contributed by atoms with Gasteiger partial charge in [-0.25, -0.2) is 4.79 Å². The van der Waals surface area contributed by atoms with Crippen LogP contribution in [0.5, 0.6) is 0 Å². The molecule has 5 heteroatoms. The minimum Gasteiger partial charge on any atom is -0.353 e. The standard InChI is InChI=1S/C13H17N3O2/c1-2-8-15-12(17)9-11(16-13(14)18)10-6-4-3-5-7-10/h2-7,11H,1,8-9H2,(H,15,17)(H3,14,16,18). The maximum atomic E-state index is 11.6. The quantitative estimate of drug-likeness (QED) is 0.657. The Balaban J connectivity index is 2.70. The molecule has 0 saturated heterocycles. The molecule has 0 spiro atoms. The Bertz CT molecular complexity index is 418. The highest BCUT2D eigenvalue weighted by atomic mass is 16.2. The number of nitrogens with two attached hydrogens (primary N) is 1. The normalized spacial score (nSPS) is 11.3. The number of nitrogens with one attached hydrogen (secondary N) is 2. The lowest BCUT2D eigenvalue weighted by molar-refractivity contribution is -0.121. The molecule has 3 amide bonds. The zero-order chi connectivity index (χ0) is 13.4. The van der Waals surface area contributed by atoms with Crippen LogP contribution < -0.4 is 16.4 Å². The van der Waals surface area contributed by atoms with Crippen LogP contribution in [0, 0.1) is 0 Å². The van der Waals surface area contributed by atoms with E-state index in [1.54, 1.807) is 6.08 Å². The van der Waals surface area contributed by atoms with Gasteiger partial charge in [0.25, 0.3) is 0 Å². The van der Waals surface area contributed by atoms with E-state index in [1.807, 2.05) is 30.3 Å². The van der Waals surface area contributed by atoms with E-state index in [1.165, 1.54) is 0 Å². The molecule has 5 nitrogen and oxygen atoms in total. The van der Waals surface area contributed by atoms with Crippen molar-refractivity contribution in [2.24, 2.45) is 5.73 Å². The van der Waals surface area contributed by atoms with Crippen molar-refractivity contribution in [2.45, 2.75) is 12.5 Å². The number of hydrogen-bond acceptors (Lipinski definition) is 2. The number of amides is 3. The third-order valence-electron chi connectivity index (χ3n) is 2.35. The minimum atomic E-state index is -0.652. The molecule has 1 unspecified atom stereocenters. The molecule has 1 aromatic rings. The first-order valence-corrected chi connectivity index (χ1v) is 5.62. The van der Waals surface area contributed by atoms with Gasteiger partial charge in [-0.3, -0.25) is 4.79 Å². The summed E-state index contributed by atoms with van der Waals surface area (Å²) in [5.41, 5.74) is 5.95. The number of primary amides is 1. The van der Waals surface area contributed by atoms with Crippen molar-refractivity contribution >= 4 is 11.9 Å². The average Bonchev–Trinajstić information content (AvgIpc) is 2.36. The molecular weight excluding hydrogens is 230 g/mol. The highest BCUT2D eigenvalue weighted by Gasteiger charge is 2.16. The van der Waals surface area contributed by atoms with Crippen LogP contribution in [0.15, 0.2) is 43.0 Å². The Labute approximate surface area is 106 Å². The van der Waals surface area contributed by atoms with Gasteiger partial charge in [-0.1, -0.05) is 36.4 Å². The predicted molar refractivity (Wildman–Crippen MR) is 69.7 cm³/mol. The summed E-state index contributed by atoms with van der Waals surface area (Å²) in [7, 11) is 0. The monoisotopic (exact) mass is 247 g/mol. The molecule has 1 atom stereocenters. The summed E-state index contributed by atoms with van der Waals surface area (Å²) < 4.78 is 0. The summed E-state index contributed by atoms with van der Waals surface area (Å²) in [5.74, 6) is -0.169. The van der Waals surface area contributed by atoms with Crippen molar-refractivity contribution in [3.8, 4) is 0 Å². The molecule has 96 valence electrons. The molecule has 0 saturated carbocycles. The van der Waals surface area contributed by atoms with Crippen LogP contribution in [0.2, 0.25) is 0 Å². The lowest BCUT2D eigenvalue weighted by Crippen LogP contribution is -2.36. The Morgan fingerprint density at radius 3 is 2.56 bits per heavy atom. The third-order valence-corrected chi connectivity index (χ3v) is 2.35. The zero-order valence-corrected chi connectivity index (χ0v) is 10.1. The Kier molecular flexibility index (Phi) is 5.44. The van der Waals surface area contributed by atoms with Crippen LogP contribution in [0.4, 0.5) is 4.79 Å². The van der Waals surface area contributed by atoms with E-state index >= 15 is 0 Å². The minimum absolute atomic E-state index is 0.140. The second-order valence-corrected chi connectivity index (χ2v) is 3.77. The van der Waals surface area contributed by atoms with E-state index in [0.717, 1.165) is 5.56 Å². The van der Waals surface area contributed by atoms with Gasteiger partial charge in [0.1, 0.15) is 0 Å². The van der Waals surface area contributed by atoms with Crippen LogP contribution in [0.1, 0.15) is 18.0 Å². The van der Waals surface area contributed by atoms with Crippen LogP contribution >= 0.6 is 0 Å². The number of urea groups is 1. The zero-order valence-electron chi connectivity index (χ0n) is 10.1. The molecule has 0 radical (unpaired) electrons. The average molecular weight is 247 g/mol. The molecule has 1 aromatic carbocycles. The van der Waals surface area contributed by atoms with E-state index in [9.17, 15) is 9.59 Å². The van der Waals surface area contributed by atoms with E-state index in [4.69, 9.17) is 5.73 Å². The molecule has 0 aliphatic heterocycles. The van der Waals surface area contributed by atoms with Gasteiger partial charge in [0.15, 0.2) is 0 Å². The molecule has 0 heterocycles. The molecule has 1 rings (SSSR count). The lowest BCUT2D eigenvalue weighted by Gasteiger charge is -2.17. The number of carbonyl (C=O) groups is 2. The maximum Gasteiger partial charge on any atom is 0.312 e. The van der Waals surface area contributed by atoms with Gasteiger partial charge < -0.3 is 16.4 Å². The SMILES string of the molecule is C=CCNC(=O)CC(NC(N)=O)c1ccccc1. The van der Waals surface area contributed by atoms with Crippen molar-refractivity contribution in [2.75, 3.05) is 6.54 Å². The van der Waals surface area contributed by atoms with E-state index in [0.29, 0.717) is 6.54 Å². The number of benzene rings is 1. The van der Waals surface area contributed by atoms with Crippen LogP contribution in [0.25, 0.3) is 0 Å². The fourth-order valence-corrected chi connectivity index (χ4v) is 1.55. The van der Waals surface area contributed by atoms with Crippen molar-refractivity contribution in [1.29, 1.82) is 0 Å². The Morgan fingerprint density at radius 2 is 2.00 bits per heavy atom. The van der Waals surface area contributed by atoms with Crippen LogP contribution in [0.3, 0.4) is 0 Å². The molecule has 0 aliphatic carbocycles. The first-order valence-electron chi connectivity index (χ1n) is 5.62. The van der Waals surface area contributed by atoms with Gasteiger partial charge in [-0.2, -0.15) is 0 Å². The van der Waals surface area contributed by atoms with Crippen LogP contribution in [-0.2, 0) is 4.79 Å². The van der Waals surface area contributed by atoms with Crippen molar-refractivity contribution in [3.63, 3.8) is 0 Å². The van der Waals surface area contributed by atoms with Crippen molar-refractivity contribution < 1.29 is 9.59 Å². The summed E-state index contributed by atoms with van der Waals surface area (Å²) in [4.78, 5) is 22.6. The second-order valence-electron chi connectivity index (χ2n) is 3.77. The summed E-state index contributed by atoms with van der Waals surface area (Å²) in [6.07, 6.45) is 1.73. The molecule has 0 bridgehead atoms. The summed E-state index contributed by atoms with van der Waals surface area (Å²) in [5, 5.41) is 5.21. The van der Waals surface area contributed by atoms with E-state index < -0.39 is 12.1 Å². The van der Waals surface area contributed by atoms with Gasteiger partial charge in [-0.15, -0.1) is 6.58 Å². The number of carbonyl (C=O) groups excluding carboxylic acids is 2. The topological polar surface area (TPSA) is 84.2 Å². The predicted octanol–water partition coefficient (Wildman–Crippen LogP) is 1.09. The highest BCUT2D eigenvalue weighted by molar-refractivity contribution is 5.78. The summed E-state index contributed by atoms with van der Waals surface area (Å²) in [6, 6.07) is 8.14. The second kappa shape index (κ2) is 7.11.